The van der Waals surface area contributed by atoms with Crippen LogP contribution in [-0.2, 0) is 19.9 Å². The summed E-state index contributed by atoms with van der Waals surface area (Å²) in [5, 5.41) is 0. The molecule has 1 atom stereocenters. The van der Waals surface area contributed by atoms with E-state index in [2.05, 4.69) is 0 Å². The van der Waals surface area contributed by atoms with Crippen molar-refractivity contribution in [3.05, 3.63) is 29.3 Å². The normalized spacial score (nSPS) is 24.3. The largest absolute Gasteiger partial charge is 0.368 e. The maximum absolute atomic E-state index is 14.6. The summed E-state index contributed by atoms with van der Waals surface area (Å²) in [6, 6.07) is 2.24. The van der Waals surface area contributed by atoms with E-state index in [0.717, 1.165) is 23.8 Å². The van der Waals surface area contributed by atoms with Crippen molar-refractivity contribution in [2.75, 3.05) is 18.6 Å². The van der Waals surface area contributed by atoms with Gasteiger partial charge in [-0.25, -0.2) is 8.78 Å². The maximum atomic E-state index is 14.6. The fraction of sp³-hybridized carbons (Fsp3) is 0.500. The molecule has 124 valence electrons. The number of halogens is 2. The number of ether oxygens (including phenoxy) is 1. The summed E-state index contributed by atoms with van der Waals surface area (Å²) >= 11 is 0. The summed E-state index contributed by atoms with van der Waals surface area (Å²) < 4.78 is 33.9. The zero-order chi connectivity index (χ0) is 16.8. The van der Waals surface area contributed by atoms with E-state index in [4.69, 9.17) is 10.5 Å². The number of methoxy groups -OCH3 is 1. The molecule has 0 spiro atoms. The molecule has 3 rings (SSSR count). The van der Waals surface area contributed by atoms with Gasteiger partial charge in [0.2, 0.25) is 5.91 Å². The van der Waals surface area contributed by atoms with Crippen molar-refractivity contribution >= 4 is 17.5 Å². The highest BCUT2D eigenvalue weighted by Gasteiger charge is 2.58. The van der Waals surface area contributed by atoms with E-state index in [1.165, 1.54) is 13.2 Å². The minimum absolute atomic E-state index is 0.113. The fourth-order valence-electron chi connectivity index (χ4n) is 3.92. The zero-order valence-electron chi connectivity index (χ0n) is 12.8. The van der Waals surface area contributed by atoms with Gasteiger partial charge < -0.3 is 10.5 Å². The van der Waals surface area contributed by atoms with E-state index in [9.17, 15) is 18.4 Å². The molecular formula is C16H18F2N2O3. The molecule has 1 aromatic carbocycles. The number of anilines is 1. The molecule has 0 aromatic heterocycles. The third kappa shape index (κ3) is 2.14. The highest BCUT2D eigenvalue weighted by atomic mass is 19.2. The van der Waals surface area contributed by atoms with Crippen LogP contribution < -0.4 is 10.6 Å². The van der Waals surface area contributed by atoms with Crippen LogP contribution in [0.2, 0.25) is 0 Å². The molecule has 1 fully saturated rings. The lowest BCUT2D eigenvalue weighted by molar-refractivity contribution is -0.148. The number of nitrogens with two attached hydrogens (primary N) is 1. The predicted molar refractivity (Wildman–Crippen MR) is 78.6 cm³/mol. The summed E-state index contributed by atoms with van der Waals surface area (Å²) in [5.74, 6) is -3.68. The molecule has 0 radical (unpaired) electrons. The maximum Gasteiger partial charge on any atom is 0.264 e. The van der Waals surface area contributed by atoms with Gasteiger partial charge in [0.15, 0.2) is 17.2 Å². The molecule has 23 heavy (non-hydrogen) atoms. The van der Waals surface area contributed by atoms with Crippen LogP contribution in [-0.4, -0.2) is 25.5 Å². The first kappa shape index (κ1) is 15.9. The van der Waals surface area contributed by atoms with Crippen LogP contribution in [0, 0.1) is 17.6 Å². The van der Waals surface area contributed by atoms with E-state index in [-0.39, 0.29) is 17.2 Å². The van der Waals surface area contributed by atoms with Gasteiger partial charge in [0.25, 0.3) is 5.91 Å². The first-order chi connectivity index (χ1) is 10.9. The highest BCUT2D eigenvalue weighted by molar-refractivity contribution is 6.10. The van der Waals surface area contributed by atoms with Gasteiger partial charge in [-0.2, -0.15) is 0 Å². The van der Waals surface area contributed by atoms with Gasteiger partial charge in [-0.3, -0.25) is 14.5 Å². The monoisotopic (exact) mass is 324 g/mol. The van der Waals surface area contributed by atoms with Crippen molar-refractivity contribution in [1.82, 2.24) is 0 Å². The summed E-state index contributed by atoms with van der Waals surface area (Å²) in [6.07, 6.45) is 3.15. The van der Waals surface area contributed by atoms with E-state index in [0.29, 0.717) is 12.8 Å². The summed E-state index contributed by atoms with van der Waals surface area (Å²) in [4.78, 5) is 25.4. The van der Waals surface area contributed by atoms with Crippen LogP contribution in [0.1, 0.15) is 31.2 Å². The number of hydrogen-bond donors (Lipinski definition) is 1. The molecule has 2 N–H and O–H groups in total. The van der Waals surface area contributed by atoms with Gasteiger partial charge in [0.1, 0.15) is 6.54 Å². The van der Waals surface area contributed by atoms with E-state index < -0.39 is 35.6 Å². The smallest absolute Gasteiger partial charge is 0.264 e. The Morgan fingerprint density at radius 3 is 2.61 bits per heavy atom. The van der Waals surface area contributed by atoms with Gasteiger partial charge in [-0.1, -0.05) is 12.8 Å². The number of primary amides is 1. The Labute approximate surface area is 132 Å². The Morgan fingerprint density at radius 2 is 2.04 bits per heavy atom. The number of rotatable bonds is 4. The number of benzene rings is 1. The second-order valence-electron chi connectivity index (χ2n) is 6.03. The number of carbonyl (C=O) groups excluding carboxylic acids is 2. The molecule has 1 heterocycles. The molecule has 0 bridgehead atoms. The molecule has 0 saturated heterocycles. The average molecular weight is 324 g/mol. The zero-order valence-corrected chi connectivity index (χ0v) is 12.8. The summed E-state index contributed by atoms with van der Waals surface area (Å²) in [7, 11) is 1.32. The summed E-state index contributed by atoms with van der Waals surface area (Å²) in [6.45, 7) is -0.394. The molecule has 2 amide bonds. The van der Waals surface area contributed by atoms with Crippen molar-refractivity contribution < 1.29 is 23.1 Å². The lowest BCUT2D eigenvalue weighted by Crippen LogP contribution is -2.48. The van der Waals surface area contributed by atoms with Crippen LogP contribution in [0.3, 0.4) is 0 Å². The molecule has 1 saturated carbocycles. The van der Waals surface area contributed by atoms with Crippen LogP contribution >= 0.6 is 0 Å². The second kappa shape index (κ2) is 5.56. The molecule has 7 heteroatoms. The number of amides is 2. The van der Waals surface area contributed by atoms with E-state index in [1.807, 2.05) is 0 Å². The number of carbonyl (C=O) groups is 2. The molecular weight excluding hydrogens is 306 g/mol. The number of fused-ring (bicyclic) bond motifs is 1. The van der Waals surface area contributed by atoms with Gasteiger partial charge in [-0.15, -0.1) is 0 Å². The number of nitrogens with zero attached hydrogens (tertiary/aromatic N) is 1. The van der Waals surface area contributed by atoms with Crippen molar-refractivity contribution in [1.29, 1.82) is 0 Å². The van der Waals surface area contributed by atoms with Crippen LogP contribution in [0.4, 0.5) is 14.5 Å². The third-order valence-corrected chi connectivity index (χ3v) is 4.86. The Bertz CT molecular complexity index is 674. The predicted octanol–water partition coefficient (Wildman–Crippen LogP) is 1.83. The first-order valence-electron chi connectivity index (χ1n) is 7.57. The lowest BCUT2D eigenvalue weighted by atomic mass is 9.80. The second-order valence-corrected chi connectivity index (χ2v) is 6.03. The topological polar surface area (TPSA) is 72.6 Å². The standard InChI is InChI=1S/C16H18F2N2O3/c1-23-16(9-4-2-3-5-9)13-11(7-6-10(17)14(13)18)20(15(16)22)8-12(19)21/h6-7,9H,2-5,8H2,1H3,(H2,19,21)/t16-/m0/s1. The minimum Gasteiger partial charge on any atom is -0.368 e. The van der Waals surface area contributed by atoms with Crippen LogP contribution in [0.15, 0.2) is 12.1 Å². The molecule has 1 aliphatic heterocycles. The van der Waals surface area contributed by atoms with Gasteiger partial charge in [0, 0.05) is 13.0 Å². The SMILES string of the molecule is CO[C@]1(C2CCCC2)C(=O)N(CC(N)=O)c2ccc(F)c(F)c21. The van der Waals surface area contributed by atoms with E-state index >= 15 is 0 Å². The molecule has 5 nitrogen and oxygen atoms in total. The van der Waals surface area contributed by atoms with E-state index in [1.54, 1.807) is 0 Å². The first-order valence-corrected chi connectivity index (χ1v) is 7.57. The molecule has 1 aliphatic carbocycles. The third-order valence-electron chi connectivity index (χ3n) is 4.86. The highest BCUT2D eigenvalue weighted by Crippen LogP contribution is 2.52. The minimum atomic E-state index is -1.59. The van der Waals surface area contributed by atoms with Crippen molar-refractivity contribution in [3.8, 4) is 0 Å². The van der Waals surface area contributed by atoms with Gasteiger partial charge >= 0.3 is 0 Å². The quantitative estimate of drug-likeness (QED) is 0.918. The Hall–Kier alpha value is -2.02. The molecule has 2 aliphatic rings. The lowest BCUT2D eigenvalue weighted by Gasteiger charge is -2.33. The van der Waals surface area contributed by atoms with Crippen molar-refractivity contribution in [2.45, 2.75) is 31.3 Å². The summed E-state index contributed by atoms with van der Waals surface area (Å²) in [5.41, 5.74) is 3.65. The Balaban J connectivity index is 2.23. The van der Waals surface area contributed by atoms with Gasteiger partial charge in [-0.05, 0) is 25.0 Å². The molecule has 0 unspecified atom stereocenters. The average Bonchev–Trinajstić information content (AvgIpc) is 3.11. The van der Waals surface area contributed by atoms with Crippen molar-refractivity contribution in [2.24, 2.45) is 11.7 Å². The Morgan fingerprint density at radius 1 is 1.39 bits per heavy atom. The van der Waals surface area contributed by atoms with Crippen LogP contribution in [0.25, 0.3) is 0 Å². The van der Waals surface area contributed by atoms with Crippen LogP contribution in [0.5, 0.6) is 0 Å². The number of hydrogen-bond acceptors (Lipinski definition) is 3. The fourth-order valence-corrected chi connectivity index (χ4v) is 3.92. The van der Waals surface area contributed by atoms with Crippen molar-refractivity contribution in [3.63, 3.8) is 0 Å². The Kier molecular flexibility index (Phi) is 3.83. The van der Waals surface area contributed by atoms with Gasteiger partial charge in [0.05, 0.1) is 11.3 Å². The molecule has 1 aromatic rings.